The Hall–Kier alpha value is -3.91. The Morgan fingerprint density at radius 3 is 2.27 bits per heavy atom. The summed E-state index contributed by atoms with van der Waals surface area (Å²) in [6.45, 7) is 4.30. The largest absolute Gasteiger partial charge is 0.296 e. The number of nitrogens with zero attached hydrogens (tertiary/aromatic N) is 2. The first kappa shape index (κ1) is 17.6. The molecule has 156 valence electrons. The van der Waals surface area contributed by atoms with E-state index in [1.54, 1.807) is 0 Å². The van der Waals surface area contributed by atoms with Gasteiger partial charge in [0.05, 0.1) is 11.2 Å². The van der Waals surface area contributed by atoms with Gasteiger partial charge in [0.1, 0.15) is 5.65 Å². The Bertz CT molecular complexity index is 1830. The van der Waals surface area contributed by atoms with Gasteiger partial charge < -0.3 is 0 Å². The average Bonchev–Trinajstić information content (AvgIpc) is 3.48. The predicted molar refractivity (Wildman–Crippen MR) is 136 cm³/mol. The van der Waals surface area contributed by atoms with Gasteiger partial charge in [-0.1, -0.05) is 54.6 Å². The van der Waals surface area contributed by atoms with Crippen molar-refractivity contribution in [1.29, 1.82) is 0 Å². The number of imidazole rings is 1. The van der Waals surface area contributed by atoms with Gasteiger partial charge >= 0.3 is 0 Å². The van der Waals surface area contributed by atoms with Crippen LogP contribution in [0.4, 0.5) is 0 Å². The van der Waals surface area contributed by atoms with Gasteiger partial charge in [-0.25, -0.2) is 4.98 Å². The molecule has 2 heterocycles. The van der Waals surface area contributed by atoms with E-state index in [1.807, 2.05) is 0 Å². The maximum atomic E-state index is 4.95. The lowest BCUT2D eigenvalue weighted by Crippen LogP contribution is -1.96. The first-order chi connectivity index (χ1) is 16.2. The van der Waals surface area contributed by atoms with E-state index in [9.17, 15) is 0 Å². The third-order valence-corrected chi connectivity index (χ3v) is 7.99. The molecular formula is C31H22N2. The van der Waals surface area contributed by atoms with Crippen molar-refractivity contribution in [2.45, 2.75) is 26.7 Å². The first-order valence-corrected chi connectivity index (χ1v) is 11.8. The van der Waals surface area contributed by atoms with Crippen molar-refractivity contribution in [3.05, 3.63) is 106 Å². The molecule has 2 aliphatic carbocycles. The van der Waals surface area contributed by atoms with Crippen LogP contribution in [-0.4, -0.2) is 9.38 Å². The second-order valence-corrected chi connectivity index (χ2v) is 9.65. The zero-order valence-electron chi connectivity index (χ0n) is 18.7. The third-order valence-electron chi connectivity index (χ3n) is 7.99. The molecule has 6 aromatic rings. The highest BCUT2D eigenvalue weighted by Crippen LogP contribution is 2.47. The average molecular weight is 423 g/mol. The van der Waals surface area contributed by atoms with E-state index < -0.39 is 0 Å². The number of hydrogen-bond acceptors (Lipinski definition) is 1. The number of aromatic nitrogens is 2. The molecule has 0 spiro atoms. The molecule has 0 unspecified atom stereocenters. The molecular weight excluding hydrogens is 400 g/mol. The van der Waals surface area contributed by atoms with Crippen LogP contribution < -0.4 is 0 Å². The topological polar surface area (TPSA) is 17.3 Å². The molecule has 4 aromatic carbocycles. The van der Waals surface area contributed by atoms with Gasteiger partial charge in [0.15, 0.2) is 0 Å². The molecule has 2 nitrogen and oxygen atoms in total. The Morgan fingerprint density at radius 2 is 1.39 bits per heavy atom. The maximum Gasteiger partial charge on any atom is 0.145 e. The summed E-state index contributed by atoms with van der Waals surface area (Å²) in [6.07, 6.45) is 2.03. The summed E-state index contributed by atoms with van der Waals surface area (Å²) in [7, 11) is 0. The second kappa shape index (κ2) is 5.90. The Morgan fingerprint density at radius 1 is 0.667 bits per heavy atom. The SMILES string of the molecule is Cc1nc2c3ccccc3c3c4c(ccc3n2c1C)-c1cc2c(cc1C4)-c1ccccc1C2. The van der Waals surface area contributed by atoms with Crippen molar-refractivity contribution in [2.24, 2.45) is 0 Å². The first-order valence-electron chi connectivity index (χ1n) is 11.8. The molecule has 2 heteroatoms. The standard InChI is InChI=1S/C31H22N2/c1-17-18(2)33-29-12-11-23-27-14-20-13-19-7-3-4-8-22(19)26(20)15-21(27)16-28(23)30(29)24-9-5-6-10-25(24)31(33)32-17/h3-12,14-15H,13,16H2,1-2H3. The van der Waals surface area contributed by atoms with Crippen molar-refractivity contribution in [3.63, 3.8) is 0 Å². The Kier molecular flexibility index (Phi) is 3.15. The Labute approximate surface area is 192 Å². The maximum absolute atomic E-state index is 4.95. The van der Waals surface area contributed by atoms with Crippen LogP contribution in [0, 0.1) is 13.8 Å². The van der Waals surface area contributed by atoms with Crippen molar-refractivity contribution in [2.75, 3.05) is 0 Å². The van der Waals surface area contributed by atoms with E-state index in [4.69, 9.17) is 4.98 Å². The molecule has 0 N–H and O–H groups in total. The van der Waals surface area contributed by atoms with E-state index in [1.165, 1.54) is 71.9 Å². The van der Waals surface area contributed by atoms with Crippen molar-refractivity contribution in [1.82, 2.24) is 9.38 Å². The number of benzene rings is 4. The van der Waals surface area contributed by atoms with Crippen LogP contribution in [0.25, 0.3) is 49.6 Å². The van der Waals surface area contributed by atoms with Gasteiger partial charge in [0.2, 0.25) is 0 Å². The highest BCUT2D eigenvalue weighted by Gasteiger charge is 2.27. The van der Waals surface area contributed by atoms with Crippen LogP contribution in [0.2, 0.25) is 0 Å². The molecule has 2 aliphatic rings. The number of aryl methyl sites for hydroxylation is 2. The van der Waals surface area contributed by atoms with Gasteiger partial charge in [-0.15, -0.1) is 0 Å². The smallest absolute Gasteiger partial charge is 0.145 e. The third kappa shape index (κ3) is 2.11. The molecule has 2 aromatic heterocycles. The number of fused-ring (bicyclic) bond motifs is 13. The van der Waals surface area contributed by atoms with Crippen molar-refractivity contribution < 1.29 is 0 Å². The molecule has 0 aliphatic heterocycles. The van der Waals surface area contributed by atoms with Crippen LogP contribution in [0.3, 0.4) is 0 Å². The molecule has 0 fully saturated rings. The minimum Gasteiger partial charge on any atom is -0.296 e. The van der Waals surface area contributed by atoms with E-state index in [0.717, 1.165) is 24.2 Å². The number of hydrogen-bond donors (Lipinski definition) is 0. The molecule has 0 saturated heterocycles. The molecule has 33 heavy (non-hydrogen) atoms. The second-order valence-electron chi connectivity index (χ2n) is 9.65. The highest BCUT2D eigenvalue weighted by molar-refractivity contribution is 6.15. The fourth-order valence-electron chi connectivity index (χ4n) is 6.36. The zero-order chi connectivity index (χ0) is 21.8. The molecule has 0 saturated carbocycles. The minimum absolute atomic E-state index is 0.986. The zero-order valence-corrected chi connectivity index (χ0v) is 18.7. The summed E-state index contributed by atoms with van der Waals surface area (Å²) in [5.74, 6) is 0. The molecule has 0 radical (unpaired) electrons. The number of rotatable bonds is 0. The van der Waals surface area contributed by atoms with E-state index in [-0.39, 0.29) is 0 Å². The van der Waals surface area contributed by atoms with Gasteiger partial charge in [0, 0.05) is 16.5 Å². The lowest BCUT2D eigenvalue weighted by Gasteiger charge is -2.13. The summed E-state index contributed by atoms with van der Waals surface area (Å²) in [5, 5.41) is 3.93. The lowest BCUT2D eigenvalue weighted by molar-refractivity contribution is 1.14. The van der Waals surface area contributed by atoms with Gasteiger partial charge in [0.25, 0.3) is 0 Å². The molecule has 8 rings (SSSR count). The summed E-state index contributed by atoms with van der Waals surface area (Å²) < 4.78 is 2.37. The molecule has 0 bridgehead atoms. The van der Waals surface area contributed by atoms with E-state index >= 15 is 0 Å². The van der Waals surface area contributed by atoms with Gasteiger partial charge in [-0.05, 0) is 94.8 Å². The highest BCUT2D eigenvalue weighted by atomic mass is 15.0. The molecule has 0 amide bonds. The summed E-state index contributed by atoms with van der Waals surface area (Å²) >= 11 is 0. The quantitative estimate of drug-likeness (QED) is 0.233. The van der Waals surface area contributed by atoms with Crippen LogP contribution in [0.5, 0.6) is 0 Å². The summed E-state index contributed by atoms with van der Waals surface area (Å²) in [4.78, 5) is 4.95. The van der Waals surface area contributed by atoms with Crippen LogP contribution in [0.1, 0.15) is 33.6 Å². The predicted octanol–water partition coefficient (Wildman–Crippen LogP) is 7.40. The lowest BCUT2D eigenvalue weighted by atomic mass is 9.96. The normalized spacial score (nSPS) is 13.5. The van der Waals surface area contributed by atoms with Crippen molar-refractivity contribution in [3.8, 4) is 22.3 Å². The van der Waals surface area contributed by atoms with Gasteiger partial charge in [-0.3, -0.25) is 4.40 Å². The molecule has 0 atom stereocenters. The van der Waals surface area contributed by atoms with E-state index in [0.29, 0.717) is 0 Å². The fourth-order valence-corrected chi connectivity index (χ4v) is 6.36. The monoisotopic (exact) mass is 422 g/mol. The van der Waals surface area contributed by atoms with Gasteiger partial charge in [-0.2, -0.15) is 0 Å². The fraction of sp³-hybridized carbons (Fsp3) is 0.129. The van der Waals surface area contributed by atoms with E-state index in [2.05, 4.69) is 91.0 Å². The van der Waals surface area contributed by atoms with Crippen LogP contribution in [0.15, 0.2) is 72.8 Å². The summed E-state index contributed by atoms with van der Waals surface area (Å²) in [5.41, 5.74) is 16.2. The Balaban J connectivity index is 1.46. The minimum atomic E-state index is 0.986. The number of pyridine rings is 1. The van der Waals surface area contributed by atoms with Crippen LogP contribution >= 0.6 is 0 Å². The van der Waals surface area contributed by atoms with Crippen LogP contribution in [-0.2, 0) is 12.8 Å². The summed E-state index contributed by atoms with van der Waals surface area (Å²) in [6, 6.07) is 27.3. The van der Waals surface area contributed by atoms with Crippen molar-refractivity contribution >= 4 is 27.3 Å².